The summed E-state index contributed by atoms with van der Waals surface area (Å²) < 4.78 is 11.9. The van der Waals surface area contributed by atoms with Crippen LogP contribution in [0.2, 0.25) is 0 Å². The molecule has 2 aromatic carbocycles. The van der Waals surface area contributed by atoms with Gasteiger partial charge in [0.15, 0.2) is 0 Å². The number of hydrogen-bond acceptors (Lipinski definition) is 3. The number of nitrogens with zero attached hydrogens (tertiary/aromatic N) is 1. The molecule has 3 nitrogen and oxygen atoms in total. The lowest BCUT2D eigenvalue weighted by Gasteiger charge is -2.24. The summed E-state index contributed by atoms with van der Waals surface area (Å²) in [5, 5.41) is 1.06. The van der Waals surface area contributed by atoms with Crippen LogP contribution in [0.1, 0.15) is 19.5 Å². The third-order valence-corrected chi connectivity index (χ3v) is 4.92. The second-order valence-corrected chi connectivity index (χ2v) is 8.20. The molecule has 3 rings (SSSR count). The van der Waals surface area contributed by atoms with E-state index in [2.05, 4.69) is 43.1 Å². The molecule has 1 aromatic heterocycles. The molecule has 1 heterocycles. The monoisotopic (exact) mass is 347 g/mol. The van der Waals surface area contributed by atoms with Gasteiger partial charge < -0.3 is 9.47 Å². The SMILES string of the molecule is CC(C)(OCc1cccc(Oc2ccccc2)n1)[Si]c1ccccc1. The Labute approximate surface area is 151 Å². The molecule has 4 heteroatoms. The van der Waals surface area contributed by atoms with Gasteiger partial charge in [0, 0.05) is 6.07 Å². The number of hydrogen-bond donors (Lipinski definition) is 0. The van der Waals surface area contributed by atoms with Gasteiger partial charge in [-0.05, 0) is 32.0 Å². The maximum absolute atomic E-state index is 6.12. The van der Waals surface area contributed by atoms with E-state index in [0.717, 1.165) is 11.4 Å². The van der Waals surface area contributed by atoms with Crippen LogP contribution in [0, 0.1) is 0 Å². The van der Waals surface area contributed by atoms with Crippen LogP contribution in [-0.2, 0) is 11.3 Å². The number of pyridine rings is 1. The average Bonchev–Trinajstić information content (AvgIpc) is 2.62. The normalized spacial score (nSPS) is 11.3. The van der Waals surface area contributed by atoms with Gasteiger partial charge in [0.05, 0.1) is 17.5 Å². The fourth-order valence-corrected chi connectivity index (χ4v) is 3.56. The van der Waals surface area contributed by atoms with Crippen molar-refractivity contribution in [2.24, 2.45) is 0 Å². The Bertz CT molecular complexity index is 791. The summed E-state index contributed by atoms with van der Waals surface area (Å²) in [4.78, 5) is 4.53. The van der Waals surface area contributed by atoms with Crippen LogP contribution in [-0.4, -0.2) is 19.7 Å². The highest BCUT2D eigenvalue weighted by molar-refractivity contribution is 6.56. The van der Waals surface area contributed by atoms with Gasteiger partial charge in [-0.25, -0.2) is 4.98 Å². The van der Waals surface area contributed by atoms with E-state index in [9.17, 15) is 0 Å². The lowest BCUT2D eigenvalue weighted by atomic mass is 10.3. The van der Waals surface area contributed by atoms with Crippen molar-refractivity contribution in [2.75, 3.05) is 0 Å². The van der Waals surface area contributed by atoms with Crippen molar-refractivity contribution in [1.82, 2.24) is 4.98 Å². The van der Waals surface area contributed by atoms with Crippen LogP contribution in [0.5, 0.6) is 11.6 Å². The number of para-hydroxylation sites is 1. The topological polar surface area (TPSA) is 31.4 Å². The first-order valence-electron chi connectivity index (χ1n) is 8.27. The molecule has 2 radical (unpaired) electrons. The molecule has 0 aliphatic heterocycles. The Hall–Kier alpha value is -2.43. The molecule has 126 valence electrons. The molecule has 0 aliphatic rings. The van der Waals surface area contributed by atoms with Gasteiger partial charge in [-0.1, -0.05) is 59.8 Å². The van der Waals surface area contributed by atoms with E-state index in [-0.39, 0.29) is 5.22 Å². The number of rotatable bonds is 7. The molecular weight excluding hydrogens is 326 g/mol. The van der Waals surface area contributed by atoms with Crippen molar-refractivity contribution >= 4 is 14.7 Å². The van der Waals surface area contributed by atoms with Gasteiger partial charge in [0.1, 0.15) is 15.3 Å². The summed E-state index contributed by atoms with van der Waals surface area (Å²) in [5.74, 6) is 1.36. The minimum Gasteiger partial charge on any atom is -0.439 e. The first kappa shape index (κ1) is 17.4. The van der Waals surface area contributed by atoms with Gasteiger partial charge in [-0.3, -0.25) is 0 Å². The summed E-state index contributed by atoms with van der Waals surface area (Å²) in [5.41, 5.74) is 0.861. The number of ether oxygens (including phenoxy) is 2. The Morgan fingerprint density at radius 2 is 1.52 bits per heavy atom. The van der Waals surface area contributed by atoms with Gasteiger partial charge in [-0.2, -0.15) is 0 Å². The summed E-state index contributed by atoms with van der Waals surface area (Å²) >= 11 is 0. The van der Waals surface area contributed by atoms with E-state index in [1.807, 2.05) is 54.6 Å². The quantitative estimate of drug-likeness (QED) is 0.602. The van der Waals surface area contributed by atoms with Crippen molar-refractivity contribution in [3.8, 4) is 11.6 Å². The second-order valence-electron chi connectivity index (χ2n) is 6.17. The minimum atomic E-state index is -0.237. The maximum atomic E-state index is 6.12. The predicted molar refractivity (Wildman–Crippen MR) is 101 cm³/mol. The molecule has 0 unspecified atom stereocenters. The van der Waals surface area contributed by atoms with Crippen LogP contribution in [0.25, 0.3) is 0 Å². The zero-order valence-electron chi connectivity index (χ0n) is 14.5. The number of benzene rings is 2. The smallest absolute Gasteiger partial charge is 0.219 e. The van der Waals surface area contributed by atoms with Crippen LogP contribution in [0.15, 0.2) is 78.9 Å². The first-order valence-corrected chi connectivity index (χ1v) is 9.27. The van der Waals surface area contributed by atoms with Gasteiger partial charge >= 0.3 is 0 Å². The Morgan fingerprint density at radius 1 is 0.840 bits per heavy atom. The summed E-state index contributed by atoms with van der Waals surface area (Å²) in [7, 11) is 0.577. The van der Waals surface area contributed by atoms with E-state index in [4.69, 9.17) is 9.47 Å². The Balaban J connectivity index is 1.60. The summed E-state index contributed by atoms with van der Waals surface area (Å²) in [6, 6.07) is 25.8. The van der Waals surface area contributed by atoms with Crippen LogP contribution in [0.4, 0.5) is 0 Å². The summed E-state index contributed by atoms with van der Waals surface area (Å²) in [6.07, 6.45) is 0. The van der Waals surface area contributed by atoms with E-state index < -0.39 is 0 Å². The fourth-order valence-electron chi connectivity index (χ4n) is 2.36. The minimum absolute atomic E-state index is 0.237. The highest BCUT2D eigenvalue weighted by Gasteiger charge is 2.20. The molecule has 0 spiro atoms. The maximum Gasteiger partial charge on any atom is 0.219 e. The van der Waals surface area contributed by atoms with E-state index in [0.29, 0.717) is 22.0 Å². The molecule has 0 saturated carbocycles. The molecule has 3 aromatic rings. The molecule has 25 heavy (non-hydrogen) atoms. The number of aromatic nitrogens is 1. The average molecular weight is 347 g/mol. The Kier molecular flexibility index (Phi) is 5.63. The lowest BCUT2D eigenvalue weighted by molar-refractivity contribution is 0.0290. The van der Waals surface area contributed by atoms with E-state index in [1.165, 1.54) is 5.19 Å². The van der Waals surface area contributed by atoms with Crippen molar-refractivity contribution < 1.29 is 9.47 Å². The second kappa shape index (κ2) is 8.10. The molecular formula is C21H21NO2Si. The van der Waals surface area contributed by atoms with Gasteiger partial charge in [-0.15, -0.1) is 0 Å². The van der Waals surface area contributed by atoms with Crippen molar-refractivity contribution in [3.63, 3.8) is 0 Å². The van der Waals surface area contributed by atoms with Crippen molar-refractivity contribution in [1.29, 1.82) is 0 Å². The van der Waals surface area contributed by atoms with E-state index >= 15 is 0 Å². The molecule has 0 amide bonds. The van der Waals surface area contributed by atoms with Crippen LogP contribution < -0.4 is 9.92 Å². The zero-order valence-corrected chi connectivity index (χ0v) is 15.5. The zero-order chi connectivity index (χ0) is 17.5. The predicted octanol–water partition coefficient (Wildman–Crippen LogP) is 4.16. The Morgan fingerprint density at radius 3 is 2.24 bits per heavy atom. The lowest BCUT2D eigenvalue weighted by Crippen LogP contribution is -2.39. The summed E-state index contributed by atoms with van der Waals surface area (Å²) in [6.45, 7) is 4.68. The van der Waals surface area contributed by atoms with Gasteiger partial charge in [0.2, 0.25) is 5.88 Å². The standard InChI is InChI=1S/C21H21NO2Si/c1-21(2,25-19-13-7-4-8-14-19)23-16-17-10-9-15-20(22-17)24-18-11-5-3-6-12-18/h3-15H,16H2,1-2H3. The fraction of sp³-hybridized carbons (Fsp3) is 0.190. The third kappa shape index (κ3) is 5.55. The first-order chi connectivity index (χ1) is 12.1. The molecule has 0 aliphatic carbocycles. The van der Waals surface area contributed by atoms with Crippen molar-refractivity contribution in [2.45, 2.75) is 25.7 Å². The highest BCUT2D eigenvalue weighted by atomic mass is 28.2. The van der Waals surface area contributed by atoms with Gasteiger partial charge in [0.25, 0.3) is 0 Å². The molecule has 0 saturated heterocycles. The third-order valence-electron chi connectivity index (χ3n) is 3.55. The molecule has 0 N–H and O–H groups in total. The molecule has 0 bridgehead atoms. The van der Waals surface area contributed by atoms with Crippen LogP contribution >= 0.6 is 0 Å². The molecule has 0 fully saturated rings. The van der Waals surface area contributed by atoms with Crippen LogP contribution in [0.3, 0.4) is 0 Å². The highest BCUT2D eigenvalue weighted by Crippen LogP contribution is 2.19. The van der Waals surface area contributed by atoms with E-state index in [1.54, 1.807) is 0 Å². The largest absolute Gasteiger partial charge is 0.439 e. The molecule has 0 atom stereocenters. The van der Waals surface area contributed by atoms with Crippen molar-refractivity contribution in [3.05, 3.63) is 84.6 Å².